The van der Waals surface area contributed by atoms with Crippen LogP contribution < -0.4 is 10.0 Å². The average molecular weight is 312 g/mol. The number of rotatable bonds is 4. The summed E-state index contributed by atoms with van der Waals surface area (Å²) in [6.07, 6.45) is 1.18. The van der Waals surface area contributed by atoms with E-state index < -0.39 is 21.7 Å². The summed E-state index contributed by atoms with van der Waals surface area (Å²) in [6, 6.07) is 3.52. The third-order valence-corrected chi connectivity index (χ3v) is 4.10. The third-order valence-electron chi connectivity index (χ3n) is 2.60. The maximum atomic E-state index is 13.5. The summed E-state index contributed by atoms with van der Waals surface area (Å²) in [5, 5.41) is 8.44. The molecule has 0 saturated heterocycles. The molecular weight excluding hydrogens is 299 g/mol. The Kier molecular flexibility index (Phi) is 3.94. The highest BCUT2D eigenvalue weighted by Gasteiger charge is 2.19. The van der Waals surface area contributed by atoms with Crippen LogP contribution in [-0.4, -0.2) is 24.5 Å². The Bertz CT molecular complexity index is 786. The van der Waals surface area contributed by atoms with Crippen molar-refractivity contribution in [3.63, 3.8) is 0 Å². The van der Waals surface area contributed by atoms with Gasteiger partial charge in [-0.1, -0.05) is 0 Å². The number of amides is 1. The number of hydrogen-bond acceptors (Lipinski definition) is 4. The lowest BCUT2D eigenvalue weighted by molar-refractivity contribution is -0.114. The van der Waals surface area contributed by atoms with E-state index in [2.05, 4.69) is 20.2 Å². The summed E-state index contributed by atoms with van der Waals surface area (Å²) in [7, 11) is -3.84. The first-order chi connectivity index (χ1) is 9.79. The van der Waals surface area contributed by atoms with Gasteiger partial charge in [-0.3, -0.25) is 14.6 Å². The molecule has 0 saturated carbocycles. The van der Waals surface area contributed by atoms with Gasteiger partial charge < -0.3 is 5.32 Å². The normalized spacial score (nSPS) is 11.2. The molecule has 9 heteroatoms. The van der Waals surface area contributed by atoms with E-state index in [-0.39, 0.29) is 16.3 Å². The lowest BCUT2D eigenvalue weighted by Crippen LogP contribution is -2.14. The van der Waals surface area contributed by atoms with Gasteiger partial charge >= 0.3 is 0 Å². The topological polar surface area (TPSA) is 104 Å². The van der Waals surface area contributed by atoms with Crippen LogP contribution in [-0.2, 0) is 14.8 Å². The fourth-order valence-corrected chi connectivity index (χ4v) is 2.88. The van der Waals surface area contributed by atoms with Gasteiger partial charge in [0, 0.05) is 6.92 Å². The molecule has 112 valence electrons. The van der Waals surface area contributed by atoms with Crippen molar-refractivity contribution in [1.82, 2.24) is 10.2 Å². The van der Waals surface area contributed by atoms with Crippen LogP contribution in [0.5, 0.6) is 0 Å². The molecule has 1 aromatic carbocycles. The number of hydrogen-bond donors (Lipinski definition) is 3. The monoisotopic (exact) mass is 312 g/mol. The number of anilines is 2. The molecule has 1 aromatic heterocycles. The van der Waals surface area contributed by atoms with Gasteiger partial charge in [-0.05, 0) is 25.1 Å². The minimum atomic E-state index is -3.84. The molecule has 2 aromatic rings. The van der Waals surface area contributed by atoms with E-state index >= 15 is 0 Å². The second-order valence-corrected chi connectivity index (χ2v) is 5.99. The summed E-state index contributed by atoms with van der Waals surface area (Å²) in [4.78, 5) is 11.0. The van der Waals surface area contributed by atoms with Gasteiger partial charge in [0.15, 0.2) is 0 Å². The van der Waals surface area contributed by atoms with E-state index in [4.69, 9.17) is 0 Å². The van der Waals surface area contributed by atoms with Crippen LogP contribution in [0.15, 0.2) is 29.3 Å². The lowest BCUT2D eigenvalue weighted by atomic mass is 10.2. The molecule has 1 heterocycles. The van der Waals surface area contributed by atoms with Crippen molar-refractivity contribution in [3.8, 4) is 0 Å². The molecule has 2 rings (SSSR count). The molecule has 0 aliphatic rings. The van der Waals surface area contributed by atoms with E-state index in [1.807, 2.05) is 0 Å². The molecular formula is C12H13FN4O3S. The zero-order valence-corrected chi connectivity index (χ0v) is 12.1. The molecule has 0 aliphatic heterocycles. The number of H-pyrrole nitrogens is 1. The van der Waals surface area contributed by atoms with Crippen molar-refractivity contribution in [2.45, 2.75) is 18.7 Å². The van der Waals surface area contributed by atoms with Crippen molar-refractivity contribution >= 4 is 27.3 Å². The fraction of sp³-hybridized carbons (Fsp3) is 0.167. The number of halogens is 1. The largest absolute Gasteiger partial charge is 0.324 e. The Morgan fingerprint density at radius 3 is 2.67 bits per heavy atom. The van der Waals surface area contributed by atoms with Gasteiger partial charge in [-0.25, -0.2) is 12.8 Å². The summed E-state index contributed by atoms with van der Waals surface area (Å²) in [5.74, 6) is -1.12. The molecule has 0 aliphatic carbocycles. The van der Waals surface area contributed by atoms with E-state index in [9.17, 15) is 17.6 Å². The molecule has 0 radical (unpaired) electrons. The van der Waals surface area contributed by atoms with Crippen molar-refractivity contribution in [2.75, 3.05) is 10.0 Å². The molecule has 21 heavy (non-hydrogen) atoms. The number of aromatic nitrogens is 2. The molecule has 7 nitrogen and oxygen atoms in total. The molecule has 0 spiro atoms. The standard InChI is InChI=1S/C12H13FN4O3S/c1-7-12(6-14-16-7)21(19,20)17-9-3-4-10(13)11(5-9)15-8(2)18/h3-6,17H,1-2H3,(H,14,16)(H,15,18). The minimum absolute atomic E-state index is 0.00657. The number of carbonyl (C=O) groups is 1. The van der Waals surface area contributed by atoms with Crippen LogP contribution in [0.2, 0.25) is 0 Å². The molecule has 0 atom stereocenters. The summed E-state index contributed by atoms with van der Waals surface area (Å²) >= 11 is 0. The second-order valence-electron chi connectivity index (χ2n) is 4.34. The van der Waals surface area contributed by atoms with Crippen LogP contribution in [0.1, 0.15) is 12.6 Å². The van der Waals surface area contributed by atoms with Crippen molar-refractivity contribution < 1.29 is 17.6 Å². The van der Waals surface area contributed by atoms with Crippen LogP contribution in [0.25, 0.3) is 0 Å². The van der Waals surface area contributed by atoms with Crippen molar-refractivity contribution in [1.29, 1.82) is 0 Å². The smallest absolute Gasteiger partial charge is 0.265 e. The predicted molar refractivity (Wildman–Crippen MR) is 74.8 cm³/mol. The Morgan fingerprint density at radius 2 is 2.10 bits per heavy atom. The van der Waals surface area contributed by atoms with E-state index in [0.717, 1.165) is 6.07 Å². The second kappa shape index (κ2) is 5.52. The van der Waals surface area contributed by atoms with E-state index in [0.29, 0.717) is 5.69 Å². The molecule has 0 unspecified atom stereocenters. The predicted octanol–water partition coefficient (Wildman–Crippen LogP) is 1.62. The first kappa shape index (κ1) is 15.0. The zero-order valence-electron chi connectivity index (χ0n) is 11.3. The number of benzene rings is 1. The van der Waals surface area contributed by atoms with Crippen molar-refractivity contribution in [3.05, 3.63) is 35.9 Å². The number of carbonyl (C=O) groups excluding carboxylic acids is 1. The Morgan fingerprint density at radius 1 is 1.38 bits per heavy atom. The van der Waals surface area contributed by atoms with E-state index in [1.54, 1.807) is 6.92 Å². The highest BCUT2D eigenvalue weighted by atomic mass is 32.2. The quantitative estimate of drug-likeness (QED) is 0.798. The van der Waals surface area contributed by atoms with Crippen LogP contribution in [0.4, 0.5) is 15.8 Å². The molecule has 0 bridgehead atoms. The van der Waals surface area contributed by atoms with Gasteiger partial charge in [-0.2, -0.15) is 5.10 Å². The number of aromatic amines is 1. The lowest BCUT2D eigenvalue weighted by Gasteiger charge is -2.10. The van der Waals surface area contributed by atoms with Gasteiger partial charge in [0.05, 0.1) is 23.3 Å². The minimum Gasteiger partial charge on any atom is -0.324 e. The number of aryl methyl sites for hydroxylation is 1. The highest BCUT2D eigenvalue weighted by molar-refractivity contribution is 7.92. The Labute approximate surface area is 120 Å². The number of nitrogens with one attached hydrogen (secondary N) is 3. The highest BCUT2D eigenvalue weighted by Crippen LogP contribution is 2.23. The molecule has 0 fully saturated rings. The first-order valence-corrected chi connectivity index (χ1v) is 7.38. The Balaban J connectivity index is 2.32. The first-order valence-electron chi connectivity index (χ1n) is 5.89. The average Bonchev–Trinajstić information content (AvgIpc) is 2.79. The Hall–Kier alpha value is -2.42. The third kappa shape index (κ3) is 3.37. The van der Waals surface area contributed by atoms with Gasteiger partial charge in [0.25, 0.3) is 10.0 Å². The van der Waals surface area contributed by atoms with Crippen molar-refractivity contribution in [2.24, 2.45) is 0 Å². The fourth-order valence-electron chi connectivity index (χ4n) is 1.69. The molecule has 3 N–H and O–H groups in total. The number of nitrogens with zero attached hydrogens (tertiary/aromatic N) is 1. The maximum Gasteiger partial charge on any atom is 0.265 e. The van der Waals surface area contributed by atoms with Crippen LogP contribution in [0, 0.1) is 12.7 Å². The molecule has 1 amide bonds. The van der Waals surface area contributed by atoms with Gasteiger partial charge in [0.1, 0.15) is 10.7 Å². The summed E-state index contributed by atoms with van der Waals surface area (Å²) in [5.41, 5.74) is 0.402. The SMILES string of the molecule is CC(=O)Nc1cc(NS(=O)(=O)c2cn[nH]c2C)ccc1F. The van der Waals surface area contributed by atoms with Gasteiger partial charge in [-0.15, -0.1) is 0 Å². The van der Waals surface area contributed by atoms with E-state index in [1.165, 1.54) is 25.3 Å². The zero-order chi connectivity index (χ0) is 15.6. The van der Waals surface area contributed by atoms with Gasteiger partial charge in [0.2, 0.25) is 5.91 Å². The van der Waals surface area contributed by atoms with Crippen LogP contribution >= 0.6 is 0 Å². The van der Waals surface area contributed by atoms with Crippen LogP contribution in [0.3, 0.4) is 0 Å². The maximum absolute atomic E-state index is 13.5. The number of sulfonamides is 1. The summed E-state index contributed by atoms with van der Waals surface area (Å²) < 4.78 is 40.1. The summed E-state index contributed by atoms with van der Waals surface area (Å²) in [6.45, 7) is 2.79.